The fraction of sp³-hybridized carbons (Fsp3) is 0.100. The van der Waals surface area contributed by atoms with Crippen LogP contribution >= 0.6 is 11.3 Å². The molecular weight excluding hydrogens is 348 g/mol. The van der Waals surface area contributed by atoms with Gasteiger partial charge in [-0.15, -0.1) is 11.3 Å². The average Bonchev–Trinajstić information content (AvgIpc) is 3.30. The van der Waals surface area contributed by atoms with Gasteiger partial charge in [-0.1, -0.05) is 42.5 Å². The normalized spacial score (nSPS) is 10.8. The van der Waals surface area contributed by atoms with E-state index in [0.29, 0.717) is 23.1 Å². The molecule has 1 amide bonds. The Kier molecular flexibility index (Phi) is 4.41. The number of amides is 1. The van der Waals surface area contributed by atoms with Crippen molar-refractivity contribution in [3.63, 3.8) is 0 Å². The predicted octanol–water partition coefficient (Wildman–Crippen LogP) is 5.21. The molecule has 2 aromatic carbocycles. The summed E-state index contributed by atoms with van der Waals surface area (Å²) in [6.07, 6.45) is 0. The molecule has 26 heavy (non-hydrogen) atoms. The summed E-state index contributed by atoms with van der Waals surface area (Å²) < 4.78 is 11.3. The van der Waals surface area contributed by atoms with Gasteiger partial charge in [-0.05, 0) is 19.1 Å². The second kappa shape index (κ2) is 7.01. The largest absolute Gasteiger partial charge is 0.490 e. The van der Waals surface area contributed by atoms with Gasteiger partial charge in [0, 0.05) is 16.3 Å². The zero-order valence-corrected chi connectivity index (χ0v) is 14.9. The molecule has 1 N–H and O–H groups in total. The lowest BCUT2D eigenvalue weighted by Crippen LogP contribution is -2.10. The number of rotatable bonds is 5. The molecule has 0 spiro atoms. The van der Waals surface area contributed by atoms with Crippen LogP contribution < -0.4 is 10.1 Å². The van der Waals surface area contributed by atoms with E-state index < -0.39 is 0 Å². The number of nitrogens with zero attached hydrogens (tertiary/aromatic N) is 1. The lowest BCUT2D eigenvalue weighted by atomic mass is 10.2. The molecule has 0 fully saturated rings. The minimum atomic E-state index is -0.336. The van der Waals surface area contributed by atoms with Gasteiger partial charge in [0.25, 0.3) is 5.91 Å². The summed E-state index contributed by atoms with van der Waals surface area (Å²) in [6, 6.07) is 17.1. The molecule has 0 aliphatic rings. The molecule has 130 valence electrons. The lowest BCUT2D eigenvalue weighted by molar-refractivity contribution is 0.0998. The number of benzene rings is 2. The second-order valence-electron chi connectivity index (χ2n) is 5.58. The van der Waals surface area contributed by atoms with Crippen molar-refractivity contribution in [2.75, 3.05) is 11.9 Å². The van der Waals surface area contributed by atoms with Crippen LogP contribution in [0.4, 0.5) is 5.13 Å². The number of fused-ring (bicyclic) bond motifs is 1. The Morgan fingerprint density at radius 1 is 1.19 bits per heavy atom. The van der Waals surface area contributed by atoms with Crippen molar-refractivity contribution >= 4 is 33.3 Å². The predicted molar refractivity (Wildman–Crippen MR) is 103 cm³/mol. The highest BCUT2D eigenvalue weighted by Crippen LogP contribution is 2.30. The molecule has 6 heteroatoms. The molecule has 0 radical (unpaired) electrons. The molecule has 0 saturated carbocycles. The van der Waals surface area contributed by atoms with Crippen LogP contribution in [0, 0.1) is 0 Å². The molecule has 0 aliphatic heterocycles. The van der Waals surface area contributed by atoms with Crippen LogP contribution in [0.15, 0.2) is 64.4 Å². The van der Waals surface area contributed by atoms with Crippen LogP contribution in [-0.4, -0.2) is 17.5 Å². The van der Waals surface area contributed by atoms with Crippen molar-refractivity contribution in [2.24, 2.45) is 0 Å². The number of hydrogen-bond acceptors (Lipinski definition) is 5. The van der Waals surface area contributed by atoms with Crippen LogP contribution in [0.3, 0.4) is 0 Å². The summed E-state index contributed by atoms with van der Waals surface area (Å²) in [5.41, 5.74) is 2.41. The van der Waals surface area contributed by atoms with Crippen molar-refractivity contribution in [3.8, 4) is 17.0 Å². The molecule has 5 nitrogen and oxygen atoms in total. The summed E-state index contributed by atoms with van der Waals surface area (Å²) in [4.78, 5) is 17.0. The van der Waals surface area contributed by atoms with Crippen LogP contribution in [0.25, 0.3) is 22.2 Å². The van der Waals surface area contributed by atoms with Crippen molar-refractivity contribution in [1.82, 2.24) is 4.98 Å². The van der Waals surface area contributed by atoms with Crippen molar-refractivity contribution in [3.05, 3.63) is 65.7 Å². The summed E-state index contributed by atoms with van der Waals surface area (Å²) in [5, 5.41) is 6.06. The average molecular weight is 364 g/mol. The Hall–Kier alpha value is -3.12. The van der Waals surface area contributed by atoms with Crippen LogP contribution in [0.2, 0.25) is 0 Å². The minimum Gasteiger partial charge on any atom is -0.490 e. The summed E-state index contributed by atoms with van der Waals surface area (Å²) in [6.45, 7) is 2.44. The molecule has 0 unspecified atom stereocenters. The standard InChI is InChI=1S/C20H16N2O3S/c1-2-24-16-10-6-9-14-11-17(25-18(14)16)19(23)22-20-21-15(12-26-20)13-7-4-3-5-8-13/h3-12H,2H2,1H3,(H,21,22,23). The van der Waals surface area contributed by atoms with Gasteiger partial charge in [-0.25, -0.2) is 4.98 Å². The molecule has 0 saturated heterocycles. The van der Waals surface area contributed by atoms with Gasteiger partial charge in [0.05, 0.1) is 12.3 Å². The molecule has 0 atom stereocenters. The number of para-hydroxylation sites is 1. The van der Waals surface area contributed by atoms with Crippen molar-refractivity contribution < 1.29 is 13.9 Å². The maximum absolute atomic E-state index is 12.5. The quantitative estimate of drug-likeness (QED) is 0.528. The lowest BCUT2D eigenvalue weighted by Gasteiger charge is -2.02. The zero-order valence-electron chi connectivity index (χ0n) is 14.1. The Morgan fingerprint density at radius 3 is 2.85 bits per heavy atom. The molecule has 2 heterocycles. The van der Waals surface area contributed by atoms with E-state index in [1.54, 1.807) is 6.07 Å². The Bertz CT molecular complexity index is 1050. The molecular formula is C20H16N2O3S. The fourth-order valence-corrected chi connectivity index (χ4v) is 3.36. The molecule has 0 bridgehead atoms. The van der Waals surface area contributed by atoms with E-state index in [2.05, 4.69) is 10.3 Å². The third-order valence-corrected chi connectivity index (χ3v) is 4.58. The number of hydrogen-bond donors (Lipinski definition) is 1. The molecule has 0 aliphatic carbocycles. The van der Waals surface area contributed by atoms with Crippen molar-refractivity contribution in [1.29, 1.82) is 0 Å². The van der Waals surface area contributed by atoms with Crippen LogP contribution in [-0.2, 0) is 0 Å². The van der Waals surface area contributed by atoms with E-state index in [-0.39, 0.29) is 11.7 Å². The summed E-state index contributed by atoms with van der Waals surface area (Å²) in [7, 11) is 0. The van der Waals surface area contributed by atoms with Gasteiger partial charge < -0.3 is 9.15 Å². The number of carbonyl (C=O) groups excluding carboxylic acids is 1. The van der Waals surface area contributed by atoms with E-state index in [9.17, 15) is 4.79 Å². The van der Waals surface area contributed by atoms with E-state index in [0.717, 1.165) is 16.6 Å². The van der Waals surface area contributed by atoms with Gasteiger partial charge in [0.2, 0.25) is 0 Å². The monoisotopic (exact) mass is 364 g/mol. The SMILES string of the molecule is CCOc1cccc2cc(C(=O)Nc3nc(-c4ccccc4)cs3)oc12. The first-order chi connectivity index (χ1) is 12.7. The van der Waals surface area contributed by atoms with Gasteiger partial charge >= 0.3 is 0 Å². The maximum atomic E-state index is 12.5. The summed E-state index contributed by atoms with van der Waals surface area (Å²) >= 11 is 1.38. The number of aromatic nitrogens is 1. The van der Waals surface area contributed by atoms with E-state index >= 15 is 0 Å². The Morgan fingerprint density at radius 2 is 2.04 bits per heavy atom. The van der Waals surface area contributed by atoms with Crippen LogP contribution in [0.1, 0.15) is 17.5 Å². The van der Waals surface area contributed by atoms with Gasteiger partial charge in [0.1, 0.15) is 0 Å². The van der Waals surface area contributed by atoms with Crippen LogP contribution in [0.5, 0.6) is 5.75 Å². The molecule has 2 aromatic heterocycles. The number of ether oxygens (including phenoxy) is 1. The first-order valence-corrected chi connectivity index (χ1v) is 9.10. The Balaban J connectivity index is 1.56. The van der Waals surface area contributed by atoms with Gasteiger partial charge in [-0.2, -0.15) is 0 Å². The molecule has 4 rings (SSSR count). The van der Waals surface area contributed by atoms with Gasteiger partial charge in [-0.3, -0.25) is 10.1 Å². The Labute approximate surface area is 154 Å². The third-order valence-electron chi connectivity index (χ3n) is 3.83. The zero-order chi connectivity index (χ0) is 17.9. The molecule has 4 aromatic rings. The summed E-state index contributed by atoms with van der Waals surface area (Å²) in [5.74, 6) is 0.519. The highest BCUT2D eigenvalue weighted by molar-refractivity contribution is 7.14. The highest BCUT2D eigenvalue weighted by atomic mass is 32.1. The number of furan rings is 1. The maximum Gasteiger partial charge on any atom is 0.293 e. The van der Waals surface area contributed by atoms with Gasteiger partial charge in [0.15, 0.2) is 22.2 Å². The minimum absolute atomic E-state index is 0.226. The topological polar surface area (TPSA) is 64.4 Å². The van der Waals surface area contributed by atoms with E-state index in [1.807, 2.05) is 60.8 Å². The second-order valence-corrected chi connectivity index (χ2v) is 6.43. The number of thiazole rings is 1. The number of anilines is 1. The van der Waals surface area contributed by atoms with E-state index in [1.165, 1.54) is 11.3 Å². The highest BCUT2D eigenvalue weighted by Gasteiger charge is 2.16. The smallest absolute Gasteiger partial charge is 0.293 e. The third kappa shape index (κ3) is 3.19. The number of carbonyl (C=O) groups is 1. The van der Waals surface area contributed by atoms with Crippen molar-refractivity contribution in [2.45, 2.75) is 6.92 Å². The fourth-order valence-electron chi connectivity index (χ4n) is 2.65. The first kappa shape index (κ1) is 16.4. The first-order valence-electron chi connectivity index (χ1n) is 8.22. The van der Waals surface area contributed by atoms with E-state index in [4.69, 9.17) is 9.15 Å². The number of nitrogens with one attached hydrogen (secondary N) is 1.